The predicted octanol–water partition coefficient (Wildman–Crippen LogP) is 2.05. The van der Waals surface area contributed by atoms with Gasteiger partial charge in [-0.25, -0.2) is 4.79 Å². The number of phenolic OH excluding ortho intramolecular Hbond substituents is 1. The Kier molecular flexibility index (Phi) is 3.74. The fourth-order valence-corrected chi connectivity index (χ4v) is 1.98. The van der Waals surface area contributed by atoms with Crippen molar-refractivity contribution in [2.45, 2.75) is 19.8 Å². The molecule has 0 aliphatic carbocycles. The molecule has 0 aliphatic rings. The van der Waals surface area contributed by atoms with Crippen molar-refractivity contribution >= 4 is 16.9 Å². The summed E-state index contributed by atoms with van der Waals surface area (Å²) in [5.41, 5.74) is -0.170. The zero-order chi connectivity index (χ0) is 14.9. The molecule has 0 fully saturated rings. The van der Waals surface area contributed by atoms with Gasteiger partial charge in [-0.15, -0.1) is 0 Å². The van der Waals surface area contributed by atoms with Gasteiger partial charge in [0, 0.05) is 17.9 Å². The number of hydrogen-bond acceptors (Lipinski definition) is 5. The Morgan fingerprint density at radius 3 is 2.80 bits per heavy atom. The first-order valence-electron chi connectivity index (χ1n) is 5.95. The number of hydrogen-bond donors (Lipinski definition) is 1. The van der Waals surface area contributed by atoms with E-state index in [2.05, 4.69) is 4.74 Å². The summed E-state index contributed by atoms with van der Waals surface area (Å²) < 4.78 is 23.3. The van der Waals surface area contributed by atoms with E-state index in [1.165, 1.54) is 19.2 Å². The molecule has 20 heavy (non-hydrogen) atoms. The lowest BCUT2D eigenvalue weighted by molar-refractivity contribution is -0.140. The third kappa shape index (κ3) is 2.49. The maximum Gasteiger partial charge on any atom is 0.336 e. The largest absolute Gasteiger partial charge is 0.505 e. The number of fused-ring (bicyclic) bond motifs is 1. The van der Waals surface area contributed by atoms with E-state index in [1.807, 2.05) is 0 Å². The van der Waals surface area contributed by atoms with E-state index >= 15 is 0 Å². The molecule has 0 spiro atoms. The highest BCUT2D eigenvalue weighted by Crippen LogP contribution is 2.31. The monoisotopic (exact) mass is 280 g/mol. The van der Waals surface area contributed by atoms with Crippen LogP contribution in [-0.2, 0) is 16.0 Å². The molecule has 1 aromatic carbocycles. The summed E-state index contributed by atoms with van der Waals surface area (Å²) in [4.78, 5) is 22.3. The smallest absolute Gasteiger partial charge is 0.336 e. The Balaban J connectivity index is 2.55. The Hall–Kier alpha value is -2.37. The number of methoxy groups -OCH3 is 1. The summed E-state index contributed by atoms with van der Waals surface area (Å²) in [7, 11) is 1.25. The maximum atomic E-state index is 14.0. The number of aryl methyl sites for hydroxylation is 2. The van der Waals surface area contributed by atoms with E-state index in [1.54, 1.807) is 6.92 Å². The highest BCUT2D eigenvalue weighted by atomic mass is 19.1. The van der Waals surface area contributed by atoms with Gasteiger partial charge in [-0.1, -0.05) is 0 Å². The summed E-state index contributed by atoms with van der Waals surface area (Å²) >= 11 is 0. The van der Waals surface area contributed by atoms with E-state index in [0.29, 0.717) is 10.9 Å². The lowest BCUT2D eigenvalue weighted by Crippen LogP contribution is -2.04. The lowest BCUT2D eigenvalue weighted by atomic mass is 10.0. The first-order chi connectivity index (χ1) is 9.43. The maximum absolute atomic E-state index is 14.0. The minimum Gasteiger partial charge on any atom is -0.505 e. The van der Waals surface area contributed by atoms with Crippen LogP contribution in [0.5, 0.6) is 5.75 Å². The van der Waals surface area contributed by atoms with Crippen molar-refractivity contribution < 1.29 is 23.4 Å². The number of benzene rings is 1. The van der Waals surface area contributed by atoms with Gasteiger partial charge in [0.05, 0.1) is 7.11 Å². The van der Waals surface area contributed by atoms with Gasteiger partial charge in [0.25, 0.3) is 0 Å². The number of aromatic hydroxyl groups is 1. The van der Waals surface area contributed by atoms with Crippen LogP contribution in [0.15, 0.2) is 21.3 Å². The number of ether oxygens (including phenoxy) is 1. The number of rotatable bonds is 3. The molecule has 106 valence electrons. The van der Waals surface area contributed by atoms with Gasteiger partial charge in [0.15, 0.2) is 11.3 Å². The van der Waals surface area contributed by atoms with Crippen LogP contribution in [0, 0.1) is 12.7 Å². The van der Waals surface area contributed by atoms with Crippen LogP contribution < -0.4 is 5.63 Å². The first kappa shape index (κ1) is 14.0. The SMILES string of the molecule is COC(=O)CCc1cc2c(C)cc(=O)oc2c(F)c1O. The summed E-state index contributed by atoms with van der Waals surface area (Å²) in [6.45, 7) is 1.64. The molecule has 1 heterocycles. The molecule has 0 amide bonds. The van der Waals surface area contributed by atoms with Gasteiger partial charge < -0.3 is 14.3 Å². The van der Waals surface area contributed by atoms with Gasteiger partial charge in [0.2, 0.25) is 5.82 Å². The third-order valence-electron chi connectivity index (χ3n) is 3.06. The first-order valence-corrected chi connectivity index (χ1v) is 5.95. The minimum absolute atomic E-state index is 0.0187. The second-order valence-corrected chi connectivity index (χ2v) is 4.40. The highest BCUT2D eigenvalue weighted by molar-refractivity contribution is 5.83. The van der Waals surface area contributed by atoms with Crippen molar-refractivity contribution in [1.29, 1.82) is 0 Å². The van der Waals surface area contributed by atoms with Crippen molar-refractivity contribution in [2.75, 3.05) is 7.11 Å². The standard InChI is InChI=1S/C14H13FO5/c1-7-5-11(17)20-14-9(7)6-8(13(18)12(14)15)3-4-10(16)19-2/h5-6,18H,3-4H2,1-2H3. The predicted molar refractivity (Wildman–Crippen MR) is 69.2 cm³/mol. The van der Waals surface area contributed by atoms with Gasteiger partial charge >= 0.3 is 11.6 Å². The van der Waals surface area contributed by atoms with Crippen LogP contribution in [0.1, 0.15) is 17.5 Å². The molecule has 0 aliphatic heterocycles. The number of esters is 1. The Bertz CT molecular complexity index is 732. The Labute approximate surface area is 113 Å². The van der Waals surface area contributed by atoms with E-state index in [0.717, 1.165) is 0 Å². The number of carbonyl (C=O) groups is 1. The fraction of sp³-hybridized carbons (Fsp3) is 0.286. The molecule has 0 saturated heterocycles. The molecule has 0 bridgehead atoms. The van der Waals surface area contributed by atoms with Crippen molar-refractivity contribution in [3.05, 3.63) is 39.5 Å². The van der Waals surface area contributed by atoms with Crippen LogP contribution in [0.2, 0.25) is 0 Å². The second kappa shape index (κ2) is 5.32. The third-order valence-corrected chi connectivity index (χ3v) is 3.06. The molecule has 1 N–H and O–H groups in total. The van der Waals surface area contributed by atoms with Crippen molar-refractivity contribution in [1.82, 2.24) is 0 Å². The van der Waals surface area contributed by atoms with Crippen LogP contribution >= 0.6 is 0 Å². The average molecular weight is 280 g/mol. The normalized spacial score (nSPS) is 10.8. The van der Waals surface area contributed by atoms with Crippen LogP contribution in [-0.4, -0.2) is 18.2 Å². The molecule has 0 saturated carbocycles. The van der Waals surface area contributed by atoms with Crippen LogP contribution in [0.25, 0.3) is 11.0 Å². The molecule has 0 unspecified atom stereocenters. The van der Waals surface area contributed by atoms with E-state index in [9.17, 15) is 19.1 Å². The van der Waals surface area contributed by atoms with Crippen molar-refractivity contribution in [2.24, 2.45) is 0 Å². The molecule has 5 nitrogen and oxygen atoms in total. The van der Waals surface area contributed by atoms with Gasteiger partial charge in [-0.2, -0.15) is 4.39 Å². The topological polar surface area (TPSA) is 76.7 Å². The molecule has 2 aromatic rings. The highest BCUT2D eigenvalue weighted by Gasteiger charge is 2.17. The van der Waals surface area contributed by atoms with E-state index in [4.69, 9.17) is 4.42 Å². The second-order valence-electron chi connectivity index (χ2n) is 4.40. The van der Waals surface area contributed by atoms with Crippen molar-refractivity contribution in [3.8, 4) is 5.75 Å². The summed E-state index contributed by atoms with van der Waals surface area (Å²) in [5.74, 6) is -2.07. The summed E-state index contributed by atoms with van der Waals surface area (Å²) in [6.07, 6.45) is 0.148. The number of halogens is 1. The summed E-state index contributed by atoms with van der Waals surface area (Å²) in [6, 6.07) is 2.75. The lowest BCUT2D eigenvalue weighted by Gasteiger charge is -2.09. The number of carbonyl (C=O) groups excluding carboxylic acids is 1. The van der Waals surface area contributed by atoms with Gasteiger partial charge in [0.1, 0.15) is 0 Å². The van der Waals surface area contributed by atoms with E-state index < -0.39 is 23.2 Å². The van der Waals surface area contributed by atoms with Crippen LogP contribution in [0.3, 0.4) is 0 Å². The molecule has 0 radical (unpaired) electrons. The minimum atomic E-state index is -0.997. The van der Waals surface area contributed by atoms with E-state index in [-0.39, 0.29) is 24.0 Å². The summed E-state index contributed by atoms with van der Waals surface area (Å²) in [5, 5.41) is 10.2. The quantitative estimate of drug-likeness (QED) is 0.687. The Morgan fingerprint density at radius 1 is 1.45 bits per heavy atom. The van der Waals surface area contributed by atoms with Crippen LogP contribution in [0.4, 0.5) is 4.39 Å². The average Bonchev–Trinajstić information content (AvgIpc) is 2.41. The molecule has 2 rings (SSSR count). The molecular formula is C14H13FO5. The van der Waals surface area contributed by atoms with Gasteiger partial charge in [-0.3, -0.25) is 4.79 Å². The fourth-order valence-electron chi connectivity index (χ4n) is 1.98. The zero-order valence-corrected chi connectivity index (χ0v) is 11.0. The van der Waals surface area contributed by atoms with Crippen molar-refractivity contribution in [3.63, 3.8) is 0 Å². The molecule has 0 atom stereocenters. The zero-order valence-electron chi connectivity index (χ0n) is 11.0. The molecule has 1 aromatic heterocycles. The number of phenols is 1. The molecule has 6 heteroatoms. The molecular weight excluding hydrogens is 267 g/mol. The Morgan fingerprint density at radius 2 is 2.15 bits per heavy atom. The van der Waals surface area contributed by atoms with Gasteiger partial charge in [-0.05, 0) is 30.5 Å².